The third-order valence-electron chi connectivity index (χ3n) is 3.37. The van der Waals surface area contributed by atoms with Crippen LogP contribution >= 0.6 is 0 Å². The molecule has 0 aliphatic heterocycles. The summed E-state index contributed by atoms with van der Waals surface area (Å²) in [6.45, 7) is -0.656. The highest BCUT2D eigenvalue weighted by atomic mass is 16.7. The fraction of sp³-hybridized carbons (Fsp3) is 0.833. The first-order valence-corrected chi connectivity index (χ1v) is 6.57. The number of aliphatic hydroxyl groups is 1. The number of carboxylic acids is 1. The third-order valence-corrected chi connectivity index (χ3v) is 3.37. The first kappa shape index (κ1) is 15.9. The second-order valence-corrected chi connectivity index (χ2v) is 5.00. The standard InChI is InChI=1S/C12H22N2O5/c13-9(6-8-4-2-1-3-5-8)11(17)12(18)14-19-7-10(15)16/h8-9,11,17H,1-7,13H2,(H,14,18)(H,15,16)/t9-,11?/m1/s1. The lowest BCUT2D eigenvalue weighted by Gasteiger charge is -2.26. The zero-order chi connectivity index (χ0) is 14.3. The number of hydroxylamine groups is 1. The van der Waals surface area contributed by atoms with Crippen molar-refractivity contribution in [1.29, 1.82) is 0 Å². The van der Waals surface area contributed by atoms with E-state index in [1.807, 2.05) is 5.48 Å². The SMILES string of the molecule is N[C@H](CC1CCCCC1)C(O)C(=O)NOCC(=O)O. The molecule has 0 bridgehead atoms. The van der Waals surface area contributed by atoms with Crippen LogP contribution in [0.2, 0.25) is 0 Å². The van der Waals surface area contributed by atoms with Crippen molar-refractivity contribution in [3.05, 3.63) is 0 Å². The maximum atomic E-state index is 11.4. The normalized spacial score (nSPS) is 19.7. The molecule has 2 atom stereocenters. The molecular formula is C12H22N2O5. The molecule has 110 valence electrons. The lowest BCUT2D eigenvalue weighted by Crippen LogP contribution is -2.47. The molecule has 1 saturated carbocycles. The first-order chi connectivity index (χ1) is 9.00. The molecule has 7 nitrogen and oxygen atoms in total. The van der Waals surface area contributed by atoms with Crippen LogP contribution in [0.25, 0.3) is 0 Å². The van der Waals surface area contributed by atoms with Crippen LogP contribution in [0.1, 0.15) is 38.5 Å². The Kier molecular flexibility index (Phi) is 6.75. The molecule has 0 radical (unpaired) electrons. The van der Waals surface area contributed by atoms with Gasteiger partial charge in [-0.1, -0.05) is 32.1 Å². The van der Waals surface area contributed by atoms with Crippen molar-refractivity contribution in [1.82, 2.24) is 5.48 Å². The molecule has 1 aliphatic carbocycles. The van der Waals surface area contributed by atoms with Gasteiger partial charge in [0.05, 0.1) is 0 Å². The van der Waals surface area contributed by atoms with Crippen molar-refractivity contribution in [2.75, 3.05) is 6.61 Å². The summed E-state index contributed by atoms with van der Waals surface area (Å²) < 4.78 is 0. The number of hydrogen-bond donors (Lipinski definition) is 4. The van der Waals surface area contributed by atoms with Crippen LogP contribution in [0.4, 0.5) is 0 Å². The van der Waals surface area contributed by atoms with E-state index in [0.717, 1.165) is 12.8 Å². The van der Waals surface area contributed by atoms with Crippen LogP contribution in [0, 0.1) is 5.92 Å². The minimum absolute atomic E-state index is 0.450. The van der Waals surface area contributed by atoms with E-state index in [9.17, 15) is 14.7 Å². The number of hydrogen-bond acceptors (Lipinski definition) is 5. The second-order valence-electron chi connectivity index (χ2n) is 5.00. The Hall–Kier alpha value is -1.18. The Balaban J connectivity index is 2.27. The number of amides is 1. The van der Waals surface area contributed by atoms with E-state index in [1.165, 1.54) is 19.3 Å². The molecule has 0 aromatic carbocycles. The molecule has 7 heteroatoms. The average molecular weight is 274 g/mol. The number of aliphatic carboxylic acids is 1. The van der Waals surface area contributed by atoms with Gasteiger partial charge in [0.1, 0.15) is 6.10 Å². The van der Waals surface area contributed by atoms with Crippen molar-refractivity contribution in [3.8, 4) is 0 Å². The average Bonchev–Trinajstić information content (AvgIpc) is 2.38. The van der Waals surface area contributed by atoms with Gasteiger partial charge in [-0.25, -0.2) is 10.3 Å². The molecule has 1 unspecified atom stereocenters. The molecule has 1 rings (SSSR count). The summed E-state index contributed by atoms with van der Waals surface area (Å²) in [5, 5.41) is 18.0. The zero-order valence-electron chi connectivity index (χ0n) is 10.9. The summed E-state index contributed by atoms with van der Waals surface area (Å²) in [6.07, 6.45) is 4.94. The molecule has 1 fully saturated rings. The minimum Gasteiger partial charge on any atom is -0.479 e. The smallest absolute Gasteiger partial charge is 0.332 e. The lowest BCUT2D eigenvalue weighted by atomic mass is 9.84. The molecule has 0 saturated heterocycles. The molecule has 1 aliphatic rings. The van der Waals surface area contributed by atoms with Crippen LogP contribution in [0.15, 0.2) is 0 Å². The number of nitrogens with two attached hydrogens (primary N) is 1. The van der Waals surface area contributed by atoms with Gasteiger partial charge in [-0.15, -0.1) is 0 Å². The Morgan fingerprint density at radius 1 is 1.32 bits per heavy atom. The number of carbonyl (C=O) groups excluding carboxylic acids is 1. The van der Waals surface area contributed by atoms with Gasteiger partial charge in [-0.3, -0.25) is 9.63 Å². The Morgan fingerprint density at radius 3 is 2.53 bits per heavy atom. The fourth-order valence-electron chi connectivity index (χ4n) is 2.36. The van der Waals surface area contributed by atoms with E-state index in [-0.39, 0.29) is 0 Å². The monoisotopic (exact) mass is 274 g/mol. The highest BCUT2D eigenvalue weighted by Gasteiger charge is 2.26. The quantitative estimate of drug-likeness (QED) is 0.476. The number of rotatable bonds is 7. The van der Waals surface area contributed by atoms with Gasteiger partial charge in [-0.05, 0) is 12.3 Å². The number of nitrogens with one attached hydrogen (secondary N) is 1. The summed E-state index contributed by atoms with van der Waals surface area (Å²) in [6, 6.07) is -0.656. The first-order valence-electron chi connectivity index (χ1n) is 6.57. The van der Waals surface area contributed by atoms with Crippen molar-refractivity contribution >= 4 is 11.9 Å². The maximum absolute atomic E-state index is 11.4. The Morgan fingerprint density at radius 2 is 1.95 bits per heavy atom. The zero-order valence-corrected chi connectivity index (χ0v) is 10.9. The Bertz CT molecular complexity index is 304. The van der Waals surface area contributed by atoms with Gasteiger partial charge in [0.15, 0.2) is 6.61 Å². The molecule has 1 amide bonds. The predicted molar refractivity (Wildman–Crippen MR) is 66.9 cm³/mol. The van der Waals surface area contributed by atoms with Crippen LogP contribution in [0.5, 0.6) is 0 Å². The van der Waals surface area contributed by atoms with E-state index < -0.39 is 30.6 Å². The van der Waals surface area contributed by atoms with Crippen LogP contribution in [0.3, 0.4) is 0 Å². The molecule has 0 aromatic rings. The minimum atomic E-state index is -1.38. The van der Waals surface area contributed by atoms with Crippen molar-refractivity contribution in [2.24, 2.45) is 11.7 Å². The predicted octanol–water partition coefficient (Wildman–Crippen LogP) is -0.223. The van der Waals surface area contributed by atoms with Crippen molar-refractivity contribution in [2.45, 2.75) is 50.7 Å². The van der Waals surface area contributed by atoms with E-state index in [4.69, 9.17) is 10.8 Å². The van der Waals surface area contributed by atoms with Crippen LogP contribution in [-0.2, 0) is 14.4 Å². The van der Waals surface area contributed by atoms with Gasteiger partial charge in [0.25, 0.3) is 5.91 Å². The number of carbonyl (C=O) groups is 2. The summed E-state index contributed by atoms with van der Waals surface area (Å²) in [5.41, 5.74) is 7.68. The molecule has 0 spiro atoms. The summed E-state index contributed by atoms with van der Waals surface area (Å²) in [7, 11) is 0. The molecule has 5 N–H and O–H groups in total. The third kappa shape index (κ3) is 6.00. The van der Waals surface area contributed by atoms with E-state index >= 15 is 0 Å². The molecular weight excluding hydrogens is 252 g/mol. The van der Waals surface area contributed by atoms with E-state index in [2.05, 4.69) is 4.84 Å². The fourth-order valence-corrected chi connectivity index (χ4v) is 2.36. The van der Waals surface area contributed by atoms with Crippen LogP contribution < -0.4 is 11.2 Å². The van der Waals surface area contributed by atoms with Gasteiger partial charge in [-0.2, -0.15) is 0 Å². The molecule has 19 heavy (non-hydrogen) atoms. The van der Waals surface area contributed by atoms with Gasteiger partial charge >= 0.3 is 5.97 Å². The Labute approximate surface area is 112 Å². The number of carboxylic acid groups (broad SMARTS) is 1. The van der Waals surface area contributed by atoms with E-state index in [0.29, 0.717) is 12.3 Å². The summed E-state index contributed by atoms with van der Waals surface area (Å²) in [4.78, 5) is 26.0. The van der Waals surface area contributed by atoms with Gasteiger partial charge in [0.2, 0.25) is 0 Å². The molecule has 0 heterocycles. The van der Waals surface area contributed by atoms with Crippen LogP contribution in [-0.4, -0.2) is 40.8 Å². The van der Waals surface area contributed by atoms with Crippen molar-refractivity contribution in [3.63, 3.8) is 0 Å². The maximum Gasteiger partial charge on any atom is 0.332 e. The lowest BCUT2D eigenvalue weighted by molar-refractivity contribution is -0.153. The number of aliphatic hydroxyl groups excluding tert-OH is 1. The van der Waals surface area contributed by atoms with E-state index in [1.54, 1.807) is 0 Å². The van der Waals surface area contributed by atoms with Crippen molar-refractivity contribution < 1.29 is 24.6 Å². The van der Waals surface area contributed by atoms with Gasteiger partial charge in [0, 0.05) is 6.04 Å². The highest BCUT2D eigenvalue weighted by molar-refractivity contribution is 5.80. The van der Waals surface area contributed by atoms with Gasteiger partial charge < -0.3 is 15.9 Å². The topological polar surface area (TPSA) is 122 Å². The molecule has 0 aromatic heterocycles. The second kappa shape index (κ2) is 8.08. The highest BCUT2D eigenvalue weighted by Crippen LogP contribution is 2.27. The summed E-state index contributed by atoms with van der Waals surface area (Å²) in [5.74, 6) is -1.56. The largest absolute Gasteiger partial charge is 0.479 e. The summed E-state index contributed by atoms with van der Waals surface area (Å²) >= 11 is 0.